The molecule has 2 N–H and O–H groups in total. The van der Waals surface area contributed by atoms with Crippen molar-refractivity contribution in [3.05, 3.63) is 12.2 Å². The van der Waals surface area contributed by atoms with Gasteiger partial charge in [0.15, 0.2) is 5.79 Å². The summed E-state index contributed by atoms with van der Waals surface area (Å²) in [4.78, 5) is 19.9. The first-order valence-corrected chi connectivity index (χ1v) is 20.6. The molecule has 19 atom stereocenters. The Morgan fingerprint density at radius 2 is 1.75 bits per heavy atom. The van der Waals surface area contributed by atoms with Gasteiger partial charge in [-0.2, -0.15) is 0 Å². The standard InChI is InChI=1S/C40H58N2O11/c1-19-11-24-9-10-39-17-31-35(52-39)36-37(49-31)38(53-39)40-32(50-36)8-6-25(51-40)13-21(43)14-26-28(48-30(34(26)45-4)15-22(44)18-41-3)16-29-33(42-40)20(2)12-23(47-29)5-7-27(19)46-24/h20,22-32,34-38,41,44H,1,5-18H2,2-4H3/b42-33-/t20-,22+,23+,24+,25-,26+,27+,28+,29-,30-,31-,32+,34-,35+,36+,37?,38-,39+,40+/m1/s1. The van der Waals surface area contributed by atoms with Crippen molar-refractivity contribution in [3.63, 3.8) is 0 Å². The van der Waals surface area contributed by atoms with Crippen molar-refractivity contribution in [1.29, 1.82) is 0 Å². The fraction of sp³-hybridized carbons (Fsp3) is 0.900. The summed E-state index contributed by atoms with van der Waals surface area (Å²) >= 11 is 0. The summed E-state index contributed by atoms with van der Waals surface area (Å²) in [6.45, 7) is 7.13. The lowest BCUT2D eigenvalue weighted by atomic mass is 9.79. The van der Waals surface area contributed by atoms with Crippen LogP contribution < -0.4 is 5.32 Å². The lowest BCUT2D eigenvalue weighted by Gasteiger charge is -2.54. The second kappa shape index (κ2) is 13.6. The van der Waals surface area contributed by atoms with Crippen molar-refractivity contribution in [2.75, 3.05) is 20.7 Å². The molecule has 12 rings (SSSR count). The largest absolute Gasteiger partial charge is 0.392 e. The Kier molecular flexibility index (Phi) is 9.27. The molecule has 9 fully saturated rings. The van der Waals surface area contributed by atoms with Gasteiger partial charge in [0.2, 0.25) is 5.72 Å². The minimum absolute atomic E-state index is 0.0100. The molecule has 13 heteroatoms. The fourth-order valence-corrected chi connectivity index (χ4v) is 12.0. The Bertz CT molecular complexity index is 1480. The van der Waals surface area contributed by atoms with Gasteiger partial charge in [0.05, 0.1) is 61.0 Å². The number of hydrogen-bond donors (Lipinski definition) is 2. The first-order chi connectivity index (χ1) is 25.6. The van der Waals surface area contributed by atoms with E-state index in [2.05, 4.69) is 18.8 Å². The number of ketones is 1. The van der Waals surface area contributed by atoms with Crippen molar-refractivity contribution in [2.24, 2.45) is 16.8 Å². The number of aliphatic imine (C=N–C) groups is 1. The third-order valence-corrected chi connectivity index (χ3v) is 14.4. The Labute approximate surface area is 312 Å². The zero-order valence-corrected chi connectivity index (χ0v) is 31.4. The summed E-state index contributed by atoms with van der Waals surface area (Å²) in [7, 11) is 3.51. The predicted molar refractivity (Wildman–Crippen MR) is 188 cm³/mol. The van der Waals surface area contributed by atoms with Crippen LogP contribution in [-0.2, 0) is 47.4 Å². The quantitative estimate of drug-likeness (QED) is 0.400. The summed E-state index contributed by atoms with van der Waals surface area (Å²) in [5.41, 5.74) is 0.830. The predicted octanol–water partition coefficient (Wildman–Crippen LogP) is 2.92. The van der Waals surface area contributed by atoms with E-state index in [9.17, 15) is 9.90 Å². The Morgan fingerprint density at radius 3 is 2.60 bits per heavy atom. The van der Waals surface area contributed by atoms with E-state index in [1.165, 1.54) is 0 Å². The Morgan fingerprint density at radius 1 is 0.906 bits per heavy atom. The second-order valence-electron chi connectivity index (χ2n) is 17.9. The summed E-state index contributed by atoms with van der Waals surface area (Å²) in [5, 5.41) is 13.9. The number of nitrogens with one attached hydrogen (secondary N) is 1. The minimum atomic E-state index is -1.24. The molecule has 294 valence electrons. The third-order valence-electron chi connectivity index (χ3n) is 14.4. The molecule has 0 saturated carbocycles. The molecule has 0 amide bonds. The summed E-state index contributed by atoms with van der Waals surface area (Å²) < 4.78 is 62.0. The number of likely N-dealkylation sites (N-methyl/N-ethyl adjacent to an activating group) is 1. The molecule has 9 saturated heterocycles. The molecule has 2 spiro atoms. The van der Waals surface area contributed by atoms with E-state index >= 15 is 0 Å². The molecular weight excluding hydrogens is 684 g/mol. The van der Waals surface area contributed by atoms with Gasteiger partial charge in [0.1, 0.15) is 36.3 Å². The maximum Gasteiger partial charge on any atom is 0.214 e. The zero-order valence-electron chi connectivity index (χ0n) is 31.4. The van der Waals surface area contributed by atoms with Crippen LogP contribution in [0.5, 0.6) is 0 Å². The molecule has 12 aliphatic rings. The van der Waals surface area contributed by atoms with Crippen LogP contribution in [0.3, 0.4) is 0 Å². The molecule has 13 bridgehead atoms. The highest BCUT2D eigenvalue weighted by Crippen LogP contribution is 2.58. The number of hydrogen-bond acceptors (Lipinski definition) is 13. The molecule has 12 aliphatic heterocycles. The SMILES string of the molecule is C=C1C[C@@H]2CC[C@@]34C[C@H]5OC6[C@@H](O[C@H]7CC[C@@H]8CC(=O)C[C@@H]9[C@@H](OC)[C@@H](C[C@H](O)CNC)O[C@H]9C[C@H]9O[C@@H](CC[C@@H]1O2)C[C@@H](C)/C9=N/[C@@]7(O8)[C@@H]6O3)[C@H]5O4. The van der Waals surface area contributed by atoms with Gasteiger partial charge in [-0.25, -0.2) is 0 Å². The van der Waals surface area contributed by atoms with Crippen LogP contribution >= 0.6 is 0 Å². The number of rotatable bonds is 5. The molecule has 0 aliphatic carbocycles. The third kappa shape index (κ3) is 6.06. The maximum absolute atomic E-state index is 14.1. The van der Waals surface area contributed by atoms with Crippen LogP contribution in [0.2, 0.25) is 0 Å². The number of fused-ring (bicyclic) bond motifs is 5. The van der Waals surface area contributed by atoms with Gasteiger partial charge in [-0.15, -0.1) is 0 Å². The number of methoxy groups -OCH3 is 1. The highest BCUT2D eigenvalue weighted by atomic mass is 16.8. The number of aliphatic hydroxyl groups excluding tert-OH is 1. The number of Topliss-reactive ketones (excluding diaryl/α,β-unsaturated/α-hetero) is 1. The first-order valence-electron chi connectivity index (χ1n) is 20.6. The minimum Gasteiger partial charge on any atom is -0.392 e. The lowest BCUT2D eigenvalue weighted by molar-refractivity contribution is -0.330. The second-order valence-corrected chi connectivity index (χ2v) is 17.9. The normalized spacial score (nSPS) is 54.5. The van der Waals surface area contributed by atoms with Crippen LogP contribution in [0.4, 0.5) is 0 Å². The molecule has 0 radical (unpaired) electrons. The average Bonchev–Trinajstić information content (AvgIpc) is 3.78. The van der Waals surface area contributed by atoms with E-state index in [0.717, 1.165) is 43.4 Å². The molecule has 0 aromatic heterocycles. The lowest BCUT2D eigenvalue weighted by Crippen LogP contribution is -2.70. The summed E-state index contributed by atoms with van der Waals surface area (Å²) in [5.74, 6) is -0.902. The van der Waals surface area contributed by atoms with Crippen molar-refractivity contribution in [3.8, 4) is 0 Å². The monoisotopic (exact) mass is 742 g/mol. The van der Waals surface area contributed by atoms with Gasteiger partial charge in [-0.3, -0.25) is 9.79 Å². The number of aliphatic hydroxyl groups is 1. The Hall–Kier alpha value is -1.36. The van der Waals surface area contributed by atoms with Crippen molar-refractivity contribution >= 4 is 11.5 Å². The molecular formula is C40H58N2O11. The van der Waals surface area contributed by atoms with E-state index in [-0.39, 0.29) is 85.1 Å². The van der Waals surface area contributed by atoms with Crippen LogP contribution in [-0.4, -0.2) is 140 Å². The number of carbonyl (C=O) groups is 1. The van der Waals surface area contributed by atoms with Crippen LogP contribution in [0.15, 0.2) is 17.1 Å². The van der Waals surface area contributed by atoms with Gasteiger partial charge in [0.25, 0.3) is 0 Å². The number of carbonyl (C=O) groups excluding carboxylic acids is 1. The topological polar surface area (TPSA) is 145 Å². The van der Waals surface area contributed by atoms with Gasteiger partial charge < -0.3 is 53.1 Å². The molecule has 53 heavy (non-hydrogen) atoms. The van der Waals surface area contributed by atoms with Gasteiger partial charge in [-0.1, -0.05) is 13.5 Å². The highest BCUT2D eigenvalue weighted by Gasteiger charge is 2.73. The van der Waals surface area contributed by atoms with E-state index < -0.39 is 42.0 Å². The van der Waals surface area contributed by atoms with Crippen LogP contribution in [0.1, 0.15) is 90.4 Å². The molecule has 1 unspecified atom stereocenters. The van der Waals surface area contributed by atoms with E-state index in [4.69, 9.17) is 47.6 Å². The van der Waals surface area contributed by atoms with Gasteiger partial charge >= 0.3 is 0 Å². The van der Waals surface area contributed by atoms with Crippen molar-refractivity contribution < 1.29 is 52.5 Å². The van der Waals surface area contributed by atoms with Gasteiger partial charge in [-0.05, 0) is 63.5 Å². The van der Waals surface area contributed by atoms with Gasteiger partial charge in [0, 0.05) is 63.8 Å². The highest BCUT2D eigenvalue weighted by molar-refractivity contribution is 5.92. The zero-order chi connectivity index (χ0) is 36.2. The van der Waals surface area contributed by atoms with Crippen LogP contribution in [0.25, 0.3) is 0 Å². The fourth-order valence-electron chi connectivity index (χ4n) is 12.0. The molecule has 0 aromatic rings. The summed E-state index contributed by atoms with van der Waals surface area (Å²) in [6.07, 6.45) is 3.76. The number of ether oxygens (including phenoxy) is 9. The average molecular weight is 743 g/mol. The van der Waals surface area contributed by atoms with E-state index in [1.54, 1.807) is 7.11 Å². The molecule has 12 heterocycles. The van der Waals surface area contributed by atoms with Crippen LogP contribution in [0, 0.1) is 11.8 Å². The molecule has 13 nitrogen and oxygen atoms in total. The first kappa shape index (κ1) is 36.0. The van der Waals surface area contributed by atoms with Crippen molar-refractivity contribution in [1.82, 2.24) is 5.32 Å². The smallest absolute Gasteiger partial charge is 0.214 e. The maximum atomic E-state index is 14.1. The Balaban J connectivity index is 1.08. The molecule has 0 aromatic carbocycles. The summed E-state index contributed by atoms with van der Waals surface area (Å²) in [6, 6.07) is 0. The van der Waals surface area contributed by atoms with Crippen molar-refractivity contribution in [2.45, 2.75) is 193 Å². The van der Waals surface area contributed by atoms with E-state index in [1.807, 2.05) is 7.05 Å². The van der Waals surface area contributed by atoms with E-state index in [0.29, 0.717) is 51.5 Å². The number of nitrogens with zero attached hydrogens (tertiary/aromatic N) is 1.